The van der Waals surface area contributed by atoms with Crippen LogP contribution in [0.25, 0.3) is 0 Å². The number of benzene rings is 1. The van der Waals surface area contributed by atoms with Gasteiger partial charge in [-0.05, 0) is 48.9 Å². The van der Waals surface area contributed by atoms with Crippen molar-refractivity contribution in [2.45, 2.75) is 30.7 Å². The van der Waals surface area contributed by atoms with Crippen molar-refractivity contribution in [2.75, 3.05) is 13.1 Å². The van der Waals surface area contributed by atoms with Gasteiger partial charge < -0.3 is 4.57 Å². The van der Waals surface area contributed by atoms with Crippen molar-refractivity contribution in [2.24, 2.45) is 5.92 Å². The lowest BCUT2D eigenvalue weighted by Crippen LogP contribution is -2.39. The average molecular weight is 491 g/mol. The third kappa shape index (κ3) is 5.20. The molecule has 3 aromatic rings. The van der Waals surface area contributed by atoms with Crippen molar-refractivity contribution in [1.29, 1.82) is 0 Å². The number of pyridine rings is 1. The lowest BCUT2D eigenvalue weighted by molar-refractivity contribution is 0.0974. The highest BCUT2D eigenvalue weighted by Crippen LogP contribution is 2.26. The number of thiophene rings is 1. The van der Waals surface area contributed by atoms with Crippen molar-refractivity contribution < 1.29 is 13.2 Å². The van der Waals surface area contributed by atoms with Crippen LogP contribution in [-0.4, -0.2) is 36.2 Å². The highest BCUT2D eigenvalue weighted by atomic mass is 35.5. The summed E-state index contributed by atoms with van der Waals surface area (Å²) in [6.45, 7) is 0.634. The van der Waals surface area contributed by atoms with Gasteiger partial charge in [-0.3, -0.25) is 9.59 Å². The largest absolute Gasteiger partial charge is 0.306 e. The summed E-state index contributed by atoms with van der Waals surface area (Å²) in [7, 11) is -3.75. The van der Waals surface area contributed by atoms with E-state index in [1.807, 2.05) is 18.2 Å². The van der Waals surface area contributed by atoms with Gasteiger partial charge in [0, 0.05) is 25.4 Å². The summed E-state index contributed by atoms with van der Waals surface area (Å²) in [5.41, 5.74) is 0.833. The van der Waals surface area contributed by atoms with Crippen LogP contribution in [0.5, 0.6) is 0 Å². The van der Waals surface area contributed by atoms with Crippen LogP contribution in [0.3, 0.4) is 0 Å². The Bertz CT molecular complexity index is 1260. The summed E-state index contributed by atoms with van der Waals surface area (Å²) >= 11 is 7.01. The van der Waals surface area contributed by atoms with Crippen molar-refractivity contribution in [3.05, 3.63) is 85.9 Å². The Hall–Kier alpha value is -2.26. The smallest absolute Gasteiger partial charge is 0.251 e. The van der Waals surface area contributed by atoms with E-state index in [1.54, 1.807) is 12.1 Å². The minimum absolute atomic E-state index is 0.0237. The van der Waals surface area contributed by atoms with Gasteiger partial charge in [0.1, 0.15) is 0 Å². The number of nitrogens with zero attached hydrogens (tertiary/aromatic N) is 2. The Labute approximate surface area is 196 Å². The first-order valence-electron chi connectivity index (χ1n) is 10.4. The molecule has 4 rings (SSSR count). The number of Topliss-reactive ketones (excluding diaryl/α,β-unsaturated/α-hetero) is 1. The molecule has 1 aliphatic heterocycles. The molecule has 0 aliphatic carbocycles. The van der Waals surface area contributed by atoms with Gasteiger partial charge in [0.2, 0.25) is 10.0 Å². The molecule has 168 valence electrons. The van der Waals surface area contributed by atoms with Crippen molar-refractivity contribution >= 4 is 38.7 Å². The molecule has 1 aliphatic rings. The second-order valence-electron chi connectivity index (χ2n) is 7.90. The van der Waals surface area contributed by atoms with Gasteiger partial charge in [0.05, 0.1) is 20.7 Å². The van der Waals surface area contributed by atoms with E-state index in [-0.39, 0.29) is 17.2 Å². The molecule has 0 bridgehead atoms. The van der Waals surface area contributed by atoms with E-state index < -0.39 is 15.6 Å². The lowest BCUT2D eigenvalue weighted by Gasteiger charge is -2.31. The molecule has 1 fully saturated rings. The molecule has 0 N–H and O–H groups in total. The van der Waals surface area contributed by atoms with E-state index in [2.05, 4.69) is 12.1 Å². The fourth-order valence-corrected chi connectivity index (χ4v) is 6.40. The number of rotatable bonds is 7. The van der Waals surface area contributed by atoms with Gasteiger partial charge >= 0.3 is 0 Å². The maximum Gasteiger partial charge on any atom is 0.251 e. The molecule has 0 saturated carbocycles. The zero-order valence-electron chi connectivity index (χ0n) is 17.3. The van der Waals surface area contributed by atoms with Crippen molar-refractivity contribution in [3.63, 3.8) is 0 Å². The van der Waals surface area contributed by atoms with E-state index in [0.717, 1.165) is 35.2 Å². The van der Waals surface area contributed by atoms with Crippen LogP contribution in [0.4, 0.5) is 0 Å². The predicted octanol–water partition coefficient (Wildman–Crippen LogP) is 4.09. The number of sulfonamides is 1. The molecule has 3 heterocycles. The predicted molar refractivity (Wildman–Crippen MR) is 126 cm³/mol. The minimum Gasteiger partial charge on any atom is -0.306 e. The number of hydrogen-bond acceptors (Lipinski definition) is 5. The molecule has 2 aromatic heterocycles. The number of carbonyl (C=O) groups excluding carboxylic acids is 1. The highest BCUT2D eigenvalue weighted by Gasteiger charge is 2.30. The monoisotopic (exact) mass is 490 g/mol. The molecule has 9 heteroatoms. The van der Waals surface area contributed by atoms with Crippen LogP contribution in [0.2, 0.25) is 4.34 Å². The normalized spacial score (nSPS) is 15.7. The maximum absolute atomic E-state index is 13.2. The van der Waals surface area contributed by atoms with E-state index in [9.17, 15) is 18.0 Å². The Kier molecular flexibility index (Phi) is 6.95. The van der Waals surface area contributed by atoms with E-state index in [4.69, 9.17) is 11.6 Å². The molecular weight excluding hydrogens is 468 g/mol. The second kappa shape index (κ2) is 9.70. The van der Waals surface area contributed by atoms with Crippen LogP contribution in [-0.2, 0) is 23.0 Å². The molecule has 0 radical (unpaired) electrons. The van der Waals surface area contributed by atoms with E-state index in [1.165, 1.54) is 28.2 Å². The van der Waals surface area contributed by atoms with E-state index in [0.29, 0.717) is 28.2 Å². The number of halogens is 1. The molecule has 0 unspecified atom stereocenters. The Morgan fingerprint density at radius 3 is 2.41 bits per heavy atom. The van der Waals surface area contributed by atoms with Gasteiger partial charge in [0.25, 0.3) is 5.56 Å². The molecule has 1 aromatic carbocycles. The lowest BCUT2D eigenvalue weighted by atomic mass is 9.91. The Morgan fingerprint density at radius 2 is 1.75 bits per heavy atom. The molecule has 0 amide bonds. The quantitative estimate of drug-likeness (QED) is 0.467. The molecular formula is C23H23ClN2O4S2. The fraction of sp³-hybridized carbons (Fsp3) is 0.304. The third-order valence-corrected chi connectivity index (χ3v) is 8.85. The zero-order chi connectivity index (χ0) is 22.7. The fourth-order valence-electron chi connectivity index (χ4n) is 3.93. The van der Waals surface area contributed by atoms with Crippen LogP contribution in [0.15, 0.2) is 70.5 Å². The standard InChI is InChI=1S/C23H23ClN2O4S2/c24-22-8-7-21(31-22)20(27)16-25-15-19(6-9-23(25)28)32(29,30)26-12-10-18(11-13-26)14-17-4-2-1-3-5-17/h1-9,15,18H,10-14,16H2. The van der Waals surface area contributed by atoms with E-state index >= 15 is 0 Å². The van der Waals surface area contributed by atoms with Gasteiger partial charge in [0.15, 0.2) is 5.78 Å². The van der Waals surface area contributed by atoms with Crippen molar-refractivity contribution in [3.8, 4) is 0 Å². The Balaban J connectivity index is 1.45. The maximum atomic E-state index is 13.2. The summed E-state index contributed by atoms with van der Waals surface area (Å²) in [6.07, 6.45) is 3.77. The van der Waals surface area contributed by atoms with Gasteiger partial charge in [-0.1, -0.05) is 41.9 Å². The second-order valence-corrected chi connectivity index (χ2v) is 11.5. The molecule has 32 heavy (non-hydrogen) atoms. The van der Waals surface area contributed by atoms with Crippen LogP contribution in [0, 0.1) is 5.92 Å². The van der Waals surface area contributed by atoms with Crippen LogP contribution in [0.1, 0.15) is 28.1 Å². The van der Waals surface area contributed by atoms with Crippen molar-refractivity contribution in [1.82, 2.24) is 8.87 Å². The first-order chi connectivity index (χ1) is 15.3. The first kappa shape index (κ1) is 22.9. The Morgan fingerprint density at radius 1 is 1.03 bits per heavy atom. The summed E-state index contributed by atoms with van der Waals surface area (Å²) in [5, 5.41) is 0. The number of hydrogen-bond donors (Lipinski definition) is 0. The number of piperidine rings is 1. The van der Waals surface area contributed by atoms with Crippen LogP contribution < -0.4 is 5.56 Å². The first-order valence-corrected chi connectivity index (χ1v) is 13.0. The summed E-state index contributed by atoms with van der Waals surface area (Å²) < 4.78 is 29.5. The number of ketones is 1. The zero-order valence-corrected chi connectivity index (χ0v) is 19.7. The molecule has 6 nitrogen and oxygen atoms in total. The molecule has 1 saturated heterocycles. The van der Waals surface area contributed by atoms with Crippen LogP contribution >= 0.6 is 22.9 Å². The van der Waals surface area contributed by atoms with Gasteiger partial charge in [-0.15, -0.1) is 11.3 Å². The molecule has 0 spiro atoms. The van der Waals surface area contributed by atoms with Gasteiger partial charge in [-0.2, -0.15) is 4.31 Å². The van der Waals surface area contributed by atoms with Gasteiger partial charge in [-0.25, -0.2) is 8.42 Å². The molecule has 0 atom stereocenters. The summed E-state index contributed by atoms with van der Waals surface area (Å²) in [5.74, 6) is 0.147. The number of aromatic nitrogens is 1. The SMILES string of the molecule is O=C(Cn1cc(S(=O)(=O)N2CCC(Cc3ccccc3)CC2)ccc1=O)c1ccc(Cl)s1. The number of carbonyl (C=O) groups is 1. The highest BCUT2D eigenvalue weighted by molar-refractivity contribution is 7.89. The third-order valence-electron chi connectivity index (χ3n) is 5.70. The summed E-state index contributed by atoms with van der Waals surface area (Å²) in [4.78, 5) is 25.2. The average Bonchev–Trinajstić information content (AvgIpc) is 3.23. The topological polar surface area (TPSA) is 76.5 Å². The minimum atomic E-state index is -3.75. The summed E-state index contributed by atoms with van der Waals surface area (Å²) in [6, 6.07) is 15.9.